The maximum atomic E-state index is 4.46. The lowest BCUT2D eigenvalue weighted by Crippen LogP contribution is -1.98. The molecule has 0 aliphatic heterocycles. The van der Waals surface area contributed by atoms with Crippen molar-refractivity contribution in [2.45, 2.75) is 34.6 Å². The molecular formula is C10H19NS. The first-order valence-corrected chi connectivity index (χ1v) is 4.87. The SMILES string of the molecule is CC=N/C(=C(\S)C(C)C)C(C)C. The molecule has 70 valence electrons. The van der Waals surface area contributed by atoms with Gasteiger partial charge in [-0.1, -0.05) is 27.7 Å². The molecule has 0 bridgehead atoms. The van der Waals surface area contributed by atoms with Crippen LogP contribution in [0.2, 0.25) is 0 Å². The zero-order valence-electron chi connectivity index (χ0n) is 8.63. The third-order valence-electron chi connectivity index (χ3n) is 1.62. The molecule has 12 heavy (non-hydrogen) atoms. The number of nitrogens with zero attached hydrogens (tertiary/aromatic N) is 1. The Kier molecular flexibility index (Phi) is 5.31. The van der Waals surface area contributed by atoms with Gasteiger partial charge in [0.25, 0.3) is 0 Å². The van der Waals surface area contributed by atoms with Crippen molar-refractivity contribution in [1.29, 1.82) is 0 Å². The minimum absolute atomic E-state index is 0.455. The third kappa shape index (κ3) is 3.44. The van der Waals surface area contributed by atoms with Gasteiger partial charge in [-0.15, -0.1) is 12.6 Å². The number of allylic oxidation sites excluding steroid dienone is 2. The molecule has 0 spiro atoms. The van der Waals surface area contributed by atoms with Crippen LogP contribution in [0.15, 0.2) is 15.6 Å². The number of thiol groups is 1. The largest absolute Gasteiger partial charge is 0.265 e. The Balaban J connectivity index is 4.80. The molecule has 0 saturated carbocycles. The van der Waals surface area contributed by atoms with E-state index in [1.165, 1.54) is 0 Å². The normalized spacial score (nSPS) is 14.7. The Morgan fingerprint density at radius 1 is 1.17 bits per heavy atom. The molecule has 0 aromatic heterocycles. The lowest BCUT2D eigenvalue weighted by Gasteiger charge is -2.12. The molecule has 0 aliphatic rings. The van der Waals surface area contributed by atoms with Gasteiger partial charge in [0.2, 0.25) is 0 Å². The average Bonchev–Trinajstić information content (AvgIpc) is 1.98. The number of hydrogen-bond donors (Lipinski definition) is 1. The van der Waals surface area contributed by atoms with Gasteiger partial charge in [0.05, 0.1) is 5.70 Å². The molecular weight excluding hydrogens is 166 g/mol. The van der Waals surface area contributed by atoms with Crippen LogP contribution in [0.5, 0.6) is 0 Å². The minimum atomic E-state index is 0.455. The molecule has 0 N–H and O–H groups in total. The molecule has 0 aromatic rings. The first kappa shape index (κ1) is 11.8. The van der Waals surface area contributed by atoms with E-state index in [0.29, 0.717) is 11.8 Å². The standard InChI is InChI=1S/C10H19NS/c1-6-11-9(7(2)3)10(12)8(4)5/h6-8,12H,1-5H3/b10-9-,11-6?. The molecule has 2 heteroatoms. The molecule has 0 atom stereocenters. The molecule has 0 fully saturated rings. The van der Waals surface area contributed by atoms with Gasteiger partial charge in [-0.3, -0.25) is 4.99 Å². The third-order valence-corrected chi connectivity index (χ3v) is 2.37. The van der Waals surface area contributed by atoms with Gasteiger partial charge >= 0.3 is 0 Å². The highest BCUT2D eigenvalue weighted by Crippen LogP contribution is 2.24. The average molecular weight is 185 g/mol. The van der Waals surface area contributed by atoms with Crippen molar-refractivity contribution < 1.29 is 0 Å². The van der Waals surface area contributed by atoms with Crippen molar-refractivity contribution in [2.75, 3.05) is 0 Å². The molecule has 0 aromatic carbocycles. The van der Waals surface area contributed by atoms with E-state index in [9.17, 15) is 0 Å². The molecule has 0 unspecified atom stereocenters. The van der Waals surface area contributed by atoms with E-state index in [4.69, 9.17) is 0 Å². The summed E-state index contributed by atoms with van der Waals surface area (Å²) in [5.41, 5.74) is 1.11. The summed E-state index contributed by atoms with van der Waals surface area (Å²) < 4.78 is 0. The maximum Gasteiger partial charge on any atom is 0.0519 e. The molecule has 0 radical (unpaired) electrons. The van der Waals surface area contributed by atoms with Crippen molar-refractivity contribution in [3.8, 4) is 0 Å². The smallest absolute Gasteiger partial charge is 0.0519 e. The van der Waals surface area contributed by atoms with Crippen LogP contribution in [0, 0.1) is 11.8 Å². The van der Waals surface area contributed by atoms with Gasteiger partial charge in [-0.2, -0.15) is 0 Å². The summed E-state index contributed by atoms with van der Waals surface area (Å²) in [6, 6.07) is 0. The summed E-state index contributed by atoms with van der Waals surface area (Å²) >= 11 is 4.46. The van der Waals surface area contributed by atoms with Crippen molar-refractivity contribution in [1.82, 2.24) is 0 Å². The van der Waals surface area contributed by atoms with Gasteiger partial charge in [0.15, 0.2) is 0 Å². The van der Waals surface area contributed by atoms with E-state index < -0.39 is 0 Å². The fraction of sp³-hybridized carbons (Fsp3) is 0.700. The summed E-state index contributed by atoms with van der Waals surface area (Å²) in [6.07, 6.45) is 1.83. The molecule has 0 rings (SSSR count). The zero-order chi connectivity index (χ0) is 9.72. The predicted octanol–water partition coefficient (Wildman–Crippen LogP) is 3.53. The van der Waals surface area contributed by atoms with Crippen molar-refractivity contribution in [2.24, 2.45) is 16.8 Å². The Bertz CT molecular complexity index is 190. The fourth-order valence-corrected chi connectivity index (χ4v) is 1.26. The zero-order valence-corrected chi connectivity index (χ0v) is 9.52. The fourth-order valence-electron chi connectivity index (χ4n) is 0.946. The van der Waals surface area contributed by atoms with Gasteiger partial charge in [0.1, 0.15) is 0 Å². The quantitative estimate of drug-likeness (QED) is 0.510. The molecule has 0 heterocycles. The first-order chi connectivity index (χ1) is 5.50. The monoisotopic (exact) mass is 185 g/mol. The Morgan fingerprint density at radius 3 is 1.92 bits per heavy atom. The summed E-state index contributed by atoms with van der Waals surface area (Å²) in [6.45, 7) is 10.5. The van der Waals surface area contributed by atoms with Crippen molar-refractivity contribution in [3.05, 3.63) is 10.6 Å². The van der Waals surface area contributed by atoms with Crippen LogP contribution in [-0.4, -0.2) is 6.21 Å². The van der Waals surface area contributed by atoms with Gasteiger partial charge in [-0.05, 0) is 18.8 Å². The Labute approximate surface area is 81.4 Å². The summed E-state index contributed by atoms with van der Waals surface area (Å²) in [5, 5.41) is 0. The molecule has 0 amide bonds. The summed E-state index contributed by atoms with van der Waals surface area (Å²) in [4.78, 5) is 5.42. The van der Waals surface area contributed by atoms with Crippen LogP contribution >= 0.6 is 12.6 Å². The Hall–Kier alpha value is -0.240. The van der Waals surface area contributed by atoms with E-state index in [2.05, 4.69) is 45.3 Å². The maximum absolute atomic E-state index is 4.46. The van der Waals surface area contributed by atoms with Gasteiger partial charge in [0, 0.05) is 11.1 Å². The predicted molar refractivity (Wildman–Crippen MR) is 59.9 cm³/mol. The van der Waals surface area contributed by atoms with Crippen LogP contribution in [-0.2, 0) is 0 Å². The lowest BCUT2D eigenvalue weighted by molar-refractivity contribution is 0.715. The lowest BCUT2D eigenvalue weighted by atomic mass is 10.1. The van der Waals surface area contributed by atoms with E-state index in [1.807, 2.05) is 13.1 Å². The highest BCUT2D eigenvalue weighted by Gasteiger charge is 2.08. The number of hydrogen-bond acceptors (Lipinski definition) is 2. The first-order valence-electron chi connectivity index (χ1n) is 4.42. The van der Waals surface area contributed by atoms with Crippen LogP contribution in [0.4, 0.5) is 0 Å². The second-order valence-electron chi connectivity index (χ2n) is 3.47. The number of rotatable bonds is 3. The van der Waals surface area contributed by atoms with Gasteiger partial charge < -0.3 is 0 Å². The molecule has 1 nitrogen and oxygen atoms in total. The van der Waals surface area contributed by atoms with Crippen molar-refractivity contribution >= 4 is 18.8 Å². The van der Waals surface area contributed by atoms with Crippen LogP contribution in [0.25, 0.3) is 0 Å². The van der Waals surface area contributed by atoms with E-state index in [-0.39, 0.29) is 0 Å². The summed E-state index contributed by atoms with van der Waals surface area (Å²) in [5.74, 6) is 0.922. The second-order valence-corrected chi connectivity index (χ2v) is 3.95. The topological polar surface area (TPSA) is 12.4 Å². The van der Waals surface area contributed by atoms with E-state index in [0.717, 1.165) is 10.6 Å². The van der Waals surface area contributed by atoms with Crippen molar-refractivity contribution in [3.63, 3.8) is 0 Å². The second kappa shape index (κ2) is 5.41. The molecule has 0 aliphatic carbocycles. The van der Waals surface area contributed by atoms with E-state index >= 15 is 0 Å². The van der Waals surface area contributed by atoms with Crippen LogP contribution < -0.4 is 0 Å². The number of aliphatic imine (C=N–C) groups is 1. The van der Waals surface area contributed by atoms with Gasteiger partial charge in [-0.25, -0.2) is 0 Å². The van der Waals surface area contributed by atoms with Crippen LogP contribution in [0.1, 0.15) is 34.6 Å². The highest BCUT2D eigenvalue weighted by molar-refractivity contribution is 7.84. The summed E-state index contributed by atoms with van der Waals surface area (Å²) in [7, 11) is 0. The van der Waals surface area contributed by atoms with Crippen LogP contribution in [0.3, 0.4) is 0 Å². The molecule has 0 saturated heterocycles. The minimum Gasteiger partial charge on any atom is -0.265 e. The highest BCUT2D eigenvalue weighted by atomic mass is 32.1. The Morgan fingerprint density at radius 2 is 1.67 bits per heavy atom. The van der Waals surface area contributed by atoms with E-state index in [1.54, 1.807) is 0 Å².